The van der Waals surface area contributed by atoms with E-state index < -0.39 is 73.3 Å². The molecule has 3 N–H and O–H groups in total. The van der Waals surface area contributed by atoms with Crippen LogP contribution >= 0.6 is 0 Å². The van der Waals surface area contributed by atoms with Crippen LogP contribution in [0.25, 0.3) is 0 Å². The molecule has 0 bridgehead atoms. The second kappa shape index (κ2) is 26.8. The summed E-state index contributed by atoms with van der Waals surface area (Å²) in [6.45, 7) is 8.70. The number of nitrogens with two attached hydrogens (primary N) is 1. The predicted octanol–water partition coefficient (Wildman–Crippen LogP) is 7.53. The Morgan fingerprint density at radius 2 is 1.22 bits per heavy atom. The van der Waals surface area contributed by atoms with E-state index in [9.17, 15) is 51.8 Å². The van der Waals surface area contributed by atoms with Crippen LogP contribution in [0, 0.1) is 82.7 Å². The SMILES string of the molecule is CCOC(=O)C#CN.CCOC(=O)C(C#N)c1cc(F)cc(CC)c1[N+](=O)[O-].CCc1cc(F)cc(F)c1.CCc1cc(F)cc(F)c1[N+](=O)[O-].O=[N+]([O-])O.[2HH].[2HH].[2H][2H].[2H][2H]. The van der Waals surface area contributed by atoms with Crippen LogP contribution < -0.4 is 5.73 Å². The molecule has 16 nitrogen and oxygen atoms in total. The number of esters is 2. The molecule has 0 heterocycles. The molecule has 3 rings (SSSR count). The van der Waals surface area contributed by atoms with E-state index in [1.807, 2.05) is 18.9 Å². The molecule has 306 valence electrons. The van der Waals surface area contributed by atoms with Gasteiger partial charge >= 0.3 is 17.6 Å². The smallest absolute Gasteiger partial charge is 0.386 e. The van der Waals surface area contributed by atoms with Gasteiger partial charge in [-0.05, 0) is 69.0 Å². The summed E-state index contributed by atoms with van der Waals surface area (Å²) in [4.78, 5) is 50.1. The number of benzene rings is 3. The first-order chi connectivity index (χ1) is 27.8. The Balaban J connectivity index is -0.000000161. The van der Waals surface area contributed by atoms with Crippen molar-refractivity contribution in [2.75, 3.05) is 13.2 Å². The third-order valence-corrected chi connectivity index (χ3v) is 6.16. The number of nitriles is 1. The van der Waals surface area contributed by atoms with Crippen molar-refractivity contribution < 1.29 is 69.9 Å². The lowest BCUT2D eigenvalue weighted by molar-refractivity contribution is -0.742. The topological polar surface area (TPSA) is 252 Å². The highest BCUT2D eigenvalue weighted by molar-refractivity contribution is 5.88. The summed E-state index contributed by atoms with van der Waals surface area (Å²) in [5.74, 6) is -4.65. The third-order valence-electron chi connectivity index (χ3n) is 6.16. The number of carbonyl (C=O) groups excluding carboxylic acids is 2. The van der Waals surface area contributed by atoms with Crippen LogP contribution in [0.4, 0.5) is 33.3 Å². The first kappa shape index (κ1) is 46.1. The van der Waals surface area contributed by atoms with Gasteiger partial charge in [-0.15, -0.1) is 10.1 Å². The van der Waals surface area contributed by atoms with Crippen molar-refractivity contribution in [2.24, 2.45) is 5.73 Å². The zero-order valence-electron chi connectivity index (χ0n) is 33.9. The lowest BCUT2D eigenvalue weighted by Crippen LogP contribution is -2.17. The molecule has 0 radical (unpaired) electrons. The predicted molar refractivity (Wildman–Crippen MR) is 191 cm³/mol. The van der Waals surface area contributed by atoms with E-state index in [4.69, 9.17) is 37.0 Å². The molecule has 0 aliphatic heterocycles. The Hall–Kier alpha value is -6.90. The van der Waals surface area contributed by atoms with Crippen LogP contribution in [-0.2, 0) is 38.3 Å². The summed E-state index contributed by atoms with van der Waals surface area (Å²) in [5, 5.41) is 44.2. The Morgan fingerprint density at radius 1 is 0.782 bits per heavy atom. The second-order valence-corrected chi connectivity index (χ2v) is 9.79. The van der Waals surface area contributed by atoms with Gasteiger partial charge in [0.25, 0.3) is 10.8 Å². The van der Waals surface area contributed by atoms with Crippen LogP contribution in [0.1, 0.15) is 71.6 Å². The Kier molecular flexibility index (Phi) is 22.5. The molecule has 21 heteroatoms. The molecule has 1 unspecified atom stereocenters. The fraction of sp³-hybridized carbons (Fsp3) is 0.324. The van der Waals surface area contributed by atoms with Gasteiger partial charge in [-0.3, -0.25) is 25.0 Å². The average molecular weight is 800 g/mol. The van der Waals surface area contributed by atoms with E-state index >= 15 is 0 Å². The number of ether oxygens (including phenoxy) is 2. The molecule has 0 spiro atoms. The maximum Gasteiger partial charge on any atom is 0.386 e. The lowest BCUT2D eigenvalue weighted by Gasteiger charge is -2.11. The van der Waals surface area contributed by atoms with Crippen molar-refractivity contribution in [1.29, 1.82) is 5.26 Å². The van der Waals surface area contributed by atoms with E-state index in [2.05, 4.69) is 4.74 Å². The Morgan fingerprint density at radius 3 is 1.60 bits per heavy atom. The fourth-order valence-corrected chi connectivity index (χ4v) is 4.00. The van der Waals surface area contributed by atoms with E-state index in [1.165, 1.54) is 12.1 Å². The number of nitro groups is 2. The molecule has 0 fully saturated rings. The van der Waals surface area contributed by atoms with Gasteiger partial charge in [0.15, 0.2) is 5.92 Å². The van der Waals surface area contributed by atoms with Gasteiger partial charge in [0.2, 0.25) is 5.82 Å². The number of carbonyl (C=O) groups is 2. The molecule has 55 heavy (non-hydrogen) atoms. The molecular weight excluding hydrogens is 749 g/mol. The van der Waals surface area contributed by atoms with Crippen LogP contribution in [0.15, 0.2) is 42.5 Å². The van der Waals surface area contributed by atoms with Crippen molar-refractivity contribution in [2.45, 2.75) is 59.8 Å². The molecule has 0 aliphatic carbocycles. The van der Waals surface area contributed by atoms with Crippen molar-refractivity contribution in [3.8, 4) is 18.0 Å². The van der Waals surface area contributed by atoms with Crippen LogP contribution in [0.5, 0.6) is 0 Å². The Bertz CT molecular complexity index is 1900. The largest absolute Gasteiger partial charge is 0.465 e. The molecule has 0 saturated heterocycles. The summed E-state index contributed by atoms with van der Waals surface area (Å²) in [6, 6.07) is 10.5. The van der Waals surface area contributed by atoms with E-state index in [0.717, 1.165) is 24.3 Å². The fourth-order valence-electron chi connectivity index (χ4n) is 4.00. The first-order valence-corrected chi connectivity index (χ1v) is 15.6. The Labute approximate surface area is 319 Å². The summed E-state index contributed by atoms with van der Waals surface area (Å²) in [6.07, 6.45) is 1.10. The molecule has 0 saturated carbocycles. The first-order valence-electron chi connectivity index (χ1n) is 17.6. The number of hydrogen-bond acceptors (Lipinski definition) is 12. The molecule has 3 aromatic rings. The van der Waals surface area contributed by atoms with Crippen LogP contribution in [-0.4, -0.2) is 45.3 Å². The third kappa shape index (κ3) is 19.5. The van der Waals surface area contributed by atoms with Crippen molar-refractivity contribution in [3.63, 3.8) is 0 Å². The van der Waals surface area contributed by atoms with Gasteiger partial charge in [-0.1, -0.05) is 20.8 Å². The molecule has 0 amide bonds. The van der Waals surface area contributed by atoms with Gasteiger partial charge < -0.3 is 20.4 Å². The summed E-state index contributed by atoms with van der Waals surface area (Å²) < 4.78 is 92.8. The second-order valence-electron chi connectivity index (χ2n) is 9.79. The number of aryl methyl sites for hydroxylation is 3. The monoisotopic (exact) mass is 799 g/mol. The zero-order chi connectivity index (χ0) is 46.8. The quantitative estimate of drug-likeness (QED) is 0.0531. The molecule has 0 aliphatic rings. The van der Waals surface area contributed by atoms with Crippen LogP contribution in [0.2, 0.25) is 0 Å². The van der Waals surface area contributed by atoms with Gasteiger partial charge in [0.05, 0.1) is 34.7 Å². The van der Waals surface area contributed by atoms with E-state index in [0.29, 0.717) is 24.7 Å². The van der Waals surface area contributed by atoms with Gasteiger partial charge in [-0.25, -0.2) is 22.4 Å². The number of rotatable bonds is 9. The number of nitro benzene ring substituents is 2. The van der Waals surface area contributed by atoms with Crippen molar-refractivity contribution >= 4 is 23.3 Å². The van der Waals surface area contributed by atoms with Crippen molar-refractivity contribution in [3.05, 3.63) is 124 Å². The van der Waals surface area contributed by atoms with E-state index in [-0.39, 0.29) is 39.0 Å². The molecular formula is C34H44F5N5O11. The van der Waals surface area contributed by atoms with Crippen molar-refractivity contribution in [1.82, 2.24) is 0 Å². The highest BCUT2D eigenvalue weighted by atomic mass is 19.1. The maximum atomic E-state index is 13.5. The average Bonchev–Trinajstić information content (AvgIpc) is 3.16. The minimum absolute atomic E-state index is 0. The van der Waals surface area contributed by atoms with Crippen LogP contribution in [0.3, 0.4) is 0 Å². The number of halogens is 5. The minimum atomic E-state index is -1.52. The van der Waals surface area contributed by atoms with Gasteiger partial charge in [0.1, 0.15) is 23.3 Å². The standard InChI is InChI=1S/C13H13FN2O4.C8H7F2NO2.C8H8F2.C5H7NO2.HNO3.4H2/c1-3-8-5-9(14)6-10(12(8)16(18)19)11(7-15)13(17)20-4-2;1-2-5-3-6(9)4-7(10)8(5)11(12)13;1-2-6-3-7(9)5-8(10)4-6;1-2-8-5(7)3-4-6;2-1(3)4;;;;/h5-6,11H,3-4H2,1-2H3;3-4H,2H2,1H3;3-5H,2H2,1H3;2,6H2,1H3;(H,2,3,4);4*1H/i;;;;;2*1+1D;2*1+1. The molecule has 1 atom stereocenters. The van der Waals surface area contributed by atoms with E-state index in [1.54, 1.807) is 33.8 Å². The lowest BCUT2D eigenvalue weighted by atomic mass is 9.95. The van der Waals surface area contributed by atoms with Gasteiger partial charge in [0, 0.05) is 44.0 Å². The highest BCUT2D eigenvalue weighted by Gasteiger charge is 2.32. The summed E-state index contributed by atoms with van der Waals surface area (Å²) >= 11 is 0. The minimum Gasteiger partial charge on any atom is -0.465 e. The molecule has 3 aromatic carbocycles. The maximum absolute atomic E-state index is 13.5. The number of hydrogen-bond donors (Lipinski definition) is 2. The van der Waals surface area contributed by atoms with Gasteiger partial charge in [-0.2, -0.15) is 9.65 Å². The summed E-state index contributed by atoms with van der Waals surface area (Å²) in [5.41, 5.74) is 4.28. The zero-order valence-corrected chi connectivity index (χ0v) is 29.9. The highest BCUT2D eigenvalue weighted by Crippen LogP contribution is 2.32. The summed E-state index contributed by atoms with van der Waals surface area (Å²) in [7, 11) is 0. The molecule has 0 aromatic heterocycles. The normalized spacial score (nSPS) is 10.1. The number of nitrogens with zero attached hydrogens (tertiary/aromatic N) is 4.